The SMILES string of the molecule is CCOc1cccc(Oc2cncc(NN)n2)c1. The van der Waals surface area contributed by atoms with Crippen LogP contribution in [-0.4, -0.2) is 16.6 Å². The van der Waals surface area contributed by atoms with Crippen LogP contribution in [0.2, 0.25) is 0 Å². The maximum absolute atomic E-state index is 5.56. The predicted molar refractivity (Wildman–Crippen MR) is 67.5 cm³/mol. The fourth-order valence-electron chi connectivity index (χ4n) is 1.38. The average molecular weight is 246 g/mol. The zero-order valence-electron chi connectivity index (χ0n) is 9.96. The van der Waals surface area contributed by atoms with Crippen molar-refractivity contribution in [3.05, 3.63) is 36.7 Å². The zero-order chi connectivity index (χ0) is 12.8. The third kappa shape index (κ3) is 3.08. The molecule has 0 unspecified atom stereocenters. The Kier molecular flexibility index (Phi) is 3.93. The number of hydrazine groups is 1. The summed E-state index contributed by atoms with van der Waals surface area (Å²) in [6, 6.07) is 7.30. The number of rotatable bonds is 5. The number of aromatic nitrogens is 2. The van der Waals surface area contributed by atoms with Gasteiger partial charge in [-0.3, -0.25) is 4.98 Å². The number of benzene rings is 1. The second kappa shape index (κ2) is 5.83. The highest BCUT2D eigenvalue weighted by Crippen LogP contribution is 2.24. The van der Waals surface area contributed by atoms with Crippen LogP contribution in [-0.2, 0) is 0 Å². The number of hydrogen-bond acceptors (Lipinski definition) is 6. The van der Waals surface area contributed by atoms with Gasteiger partial charge in [0.1, 0.15) is 11.5 Å². The molecule has 94 valence electrons. The standard InChI is InChI=1S/C12H14N4O2/c1-2-17-9-4-3-5-10(6-9)18-12-8-14-7-11(15-12)16-13/h3-8H,2,13H2,1H3,(H,15,16). The quantitative estimate of drug-likeness (QED) is 0.620. The molecule has 0 bridgehead atoms. The molecule has 0 fully saturated rings. The Bertz CT molecular complexity index is 519. The van der Waals surface area contributed by atoms with Crippen LogP contribution in [0, 0.1) is 0 Å². The topological polar surface area (TPSA) is 82.3 Å². The van der Waals surface area contributed by atoms with E-state index >= 15 is 0 Å². The van der Waals surface area contributed by atoms with Gasteiger partial charge in [0.15, 0.2) is 5.82 Å². The average Bonchev–Trinajstić information content (AvgIpc) is 2.40. The Morgan fingerprint density at radius 1 is 1.28 bits per heavy atom. The van der Waals surface area contributed by atoms with E-state index in [4.69, 9.17) is 15.3 Å². The van der Waals surface area contributed by atoms with Gasteiger partial charge < -0.3 is 14.9 Å². The summed E-state index contributed by atoms with van der Waals surface area (Å²) < 4.78 is 10.9. The number of nitrogens with two attached hydrogens (primary N) is 1. The van der Waals surface area contributed by atoms with Gasteiger partial charge in [-0.05, 0) is 19.1 Å². The number of nitrogens with one attached hydrogen (secondary N) is 1. The molecule has 3 N–H and O–H groups in total. The molecule has 18 heavy (non-hydrogen) atoms. The summed E-state index contributed by atoms with van der Waals surface area (Å²) in [5.74, 6) is 7.42. The first-order chi connectivity index (χ1) is 8.81. The molecule has 0 saturated heterocycles. The van der Waals surface area contributed by atoms with Gasteiger partial charge in [-0.2, -0.15) is 4.98 Å². The fourth-order valence-corrected chi connectivity index (χ4v) is 1.38. The molecular formula is C12H14N4O2. The summed E-state index contributed by atoms with van der Waals surface area (Å²) >= 11 is 0. The first kappa shape index (κ1) is 12.1. The Morgan fingerprint density at radius 2 is 2.11 bits per heavy atom. The third-order valence-electron chi connectivity index (χ3n) is 2.10. The van der Waals surface area contributed by atoms with Crippen molar-refractivity contribution < 1.29 is 9.47 Å². The minimum Gasteiger partial charge on any atom is -0.494 e. The van der Waals surface area contributed by atoms with Crippen LogP contribution < -0.4 is 20.7 Å². The molecule has 0 amide bonds. The molecule has 1 aromatic carbocycles. The maximum Gasteiger partial charge on any atom is 0.239 e. The largest absolute Gasteiger partial charge is 0.494 e. The minimum absolute atomic E-state index is 0.360. The molecule has 0 atom stereocenters. The molecule has 0 aliphatic heterocycles. The lowest BCUT2D eigenvalue weighted by Crippen LogP contribution is -2.09. The molecule has 1 heterocycles. The number of hydrogen-bond donors (Lipinski definition) is 2. The Labute approximate surface area is 105 Å². The van der Waals surface area contributed by atoms with E-state index in [9.17, 15) is 0 Å². The van der Waals surface area contributed by atoms with E-state index in [-0.39, 0.29) is 0 Å². The van der Waals surface area contributed by atoms with Crippen molar-refractivity contribution in [1.29, 1.82) is 0 Å². The Morgan fingerprint density at radius 3 is 2.89 bits per heavy atom. The van der Waals surface area contributed by atoms with Crippen molar-refractivity contribution in [1.82, 2.24) is 9.97 Å². The predicted octanol–water partition coefficient (Wildman–Crippen LogP) is 1.95. The van der Waals surface area contributed by atoms with E-state index in [2.05, 4.69) is 15.4 Å². The zero-order valence-corrected chi connectivity index (χ0v) is 9.96. The number of nitrogens with zero attached hydrogens (tertiary/aromatic N) is 2. The van der Waals surface area contributed by atoms with Gasteiger partial charge >= 0.3 is 0 Å². The van der Waals surface area contributed by atoms with E-state index < -0.39 is 0 Å². The molecule has 0 saturated carbocycles. The van der Waals surface area contributed by atoms with Crippen LogP contribution in [0.25, 0.3) is 0 Å². The van der Waals surface area contributed by atoms with E-state index in [0.717, 1.165) is 5.75 Å². The molecule has 0 spiro atoms. The summed E-state index contributed by atoms with van der Waals surface area (Å²) in [6.07, 6.45) is 3.01. The Hall–Kier alpha value is -2.34. The number of ether oxygens (including phenoxy) is 2. The summed E-state index contributed by atoms with van der Waals surface area (Å²) in [5.41, 5.74) is 2.41. The lowest BCUT2D eigenvalue weighted by molar-refractivity contribution is 0.338. The molecule has 0 radical (unpaired) electrons. The van der Waals surface area contributed by atoms with Gasteiger partial charge in [-0.25, -0.2) is 5.84 Å². The molecular weight excluding hydrogens is 232 g/mol. The summed E-state index contributed by atoms with van der Waals surface area (Å²) in [4.78, 5) is 8.05. The van der Waals surface area contributed by atoms with Gasteiger partial charge in [0, 0.05) is 6.07 Å². The van der Waals surface area contributed by atoms with E-state index in [0.29, 0.717) is 24.1 Å². The van der Waals surface area contributed by atoms with Crippen molar-refractivity contribution in [3.63, 3.8) is 0 Å². The molecule has 6 heteroatoms. The van der Waals surface area contributed by atoms with Crippen LogP contribution in [0.3, 0.4) is 0 Å². The van der Waals surface area contributed by atoms with Crippen molar-refractivity contribution >= 4 is 5.82 Å². The van der Waals surface area contributed by atoms with E-state index in [1.807, 2.05) is 25.1 Å². The number of nitrogen functional groups attached to an aromatic ring is 1. The highest BCUT2D eigenvalue weighted by atomic mass is 16.5. The first-order valence-corrected chi connectivity index (χ1v) is 5.51. The van der Waals surface area contributed by atoms with Crippen LogP contribution in [0.15, 0.2) is 36.7 Å². The second-order valence-electron chi connectivity index (χ2n) is 3.40. The van der Waals surface area contributed by atoms with Crippen LogP contribution in [0.5, 0.6) is 17.4 Å². The van der Waals surface area contributed by atoms with Gasteiger partial charge in [-0.1, -0.05) is 6.07 Å². The smallest absolute Gasteiger partial charge is 0.239 e. The molecule has 0 aliphatic rings. The fraction of sp³-hybridized carbons (Fsp3) is 0.167. The minimum atomic E-state index is 0.360. The maximum atomic E-state index is 5.56. The van der Waals surface area contributed by atoms with Crippen molar-refractivity contribution in [2.75, 3.05) is 12.0 Å². The molecule has 2 aromatic rings. The molecule has 1 aromatic heterocycles. The van der Waals surface area contributed by atoms with Crippen molar-refractivity contribution in [3.8, 4) is 17.4 Å². The Balaban J connectivity index is 2.14. The monoisotopic (exact) mass is 246 g/mol. The van der Waals surface area contributed by atoms with Gasteiger partial charge in [0.2, 0.25) is 5.88 Å². The van der Waals surface area contributed by atoms with Gasteiger partial charge in [0.05, 0.1) is 19.0 Å². The summed E-state index contributed by atoms with van der Waals surface area (Å²) in [5, 5.41) is 0. The van der Waals surface area contributed by atoms with Crippen LogP contribution in [0.1, 0.15) is 6.92 Å². The number of anilines is 1. The first-order valence-electron chi connectivity index (χ1n) is 5.51. The lowest BCUT2D eigenvalue weighted by Gasteiger charge is -2.07. The lowest BCUT2D eigenvalue weighted by atomic mass is 10.3. The summed E-state index contributed by atoms with van der Waals surface area (Å²) in [6.45, 7) is 2.53. The highest BCUT2D eigenvalue weighted by Gasteiger charge is 2.02. The van der Waals surface area contributed by atoms with Crippen molar-refractivity contribution in [2.45, 2.75) is 6.92 Å². The van der Waals surface area contributed by atoms with Gasteiger partial charge in [-0.15, -0.1) is 0 Å². The normalized spacial score (nSPS) is 9.89. The van der Waals surface area contributed by atoms with Crippen LogP contribution >= 0.6 is 0 Å². The highest BCUT2D eigenvalue weighted by molar-refractivity contribution is 5.37. The van der Waals surface area contributed by atoms with E-state index in [1.165, 1.54) is 12.4 Å². The van der Waals surface area contributed by atoms with E-state index in [1.54, 1.807) is 6.07 Å². The van der Waals surface area contributed by atoms with Crippen molar-refractivity contribution in [2.24, 2.45) is 5.84 Å². The molecule has 6 nitrogen and oxygen atoms in total. The van der Waals surface area contributed by atoms with Crippen LogP contribution in [0.4, 0.5) is 5.82 Å². The molecule has 2 rings (SSSR count). The molecule has 0 aliphatic carbocycles. The second-order valence-corrected chi connectivity index (χ2v) is 3.40. The summed E-state index contributed by atoms with van der Waals surface area (Å²) in [7, 11) is 0. The third-order valence-corrected chi connectivity index (χ3v) is 2.10. The van der Waals surface area contributed by atoms with Gasteiger partial charge in [0.25, 0.3) is 0 Å².